The summed E-state index contributed by atoms with van der Waals surface area (Å²) in [6, 6.07) is 10.3. The number of benzene rings is 2. The predicted octanol–water partition coefficient (Wildman–Crippen LogP) is 2.13. The number of carbonyl (C=O) groups excluding carboxylic acids is 1. The standard InChI is InChI=1S/C14H11NO3.C7H14N2O/c1-15-8-2-4-10-11-5-3-9(16)7-13(11)18-14(17)12(10)6-8;1-8-2-4-9(5-3-8)6-7-10/h2-7,15-16H,1H3;7H,2-6H2,1H3. The van der Waals surface area contributed by atoms with Gasteiger partial charge in [-0.1, -0.05) is 6.07 Å². The lowest BCUT2D eigenvalue weighted by molar-refractivity contribution is -0.109. The summed E-state index contributed by atoms with van der Waals surface area (Å²) in [6.45, 7) is 4.86. The molecule has 28 heavy (non-hydrogen) atoms. The molecule has 1 fully saturated rings. The lowest BCUT2D eigenvalue weighted by atomic mass is 10.1. The minimum absolute atomic E-state index is 0.0804. The Bertz CT molecular complexity index is 1020. The van der Waals surface area contributed by atoms with Crippen molar-refractivity contribution in [1.29, 1.82) is 0 Å². The molecule has 7 heteroatoms. The van der Waals surface area contributed by atoms with Crippen molar-refractivity contribution >= 4 is 33.7 Å². The van der Waals surface area contributed by atoms with Crippen LogP contribution in [0.4, 0.5) is 5.69 Å². The van der Waals surface area contributed by atoms with Crippen molar-refractivity contribution in [3.63, 3.8) is 0 Å². The van der Waals surface area contributed by atoms with Gasteiger partial charge >= 0.3 is 5.63 Å². The summed E-state index contributed by atoms with van der Waals surface area (Å²) in [5.41, 5.74) is 0.845. The molecule has 2 N–H and O–H groups in total. The minimum Gasteiger partial charge on any atom is -0.508 e. The van der Waals surface area contributed by atoms with Crippen LogP contribution < -0.4 is 10.9 Å². The summed E-state index contributed by atoms with van der Waals surface area (Å²) in [6.07, 6.45) is 0.978. The summed E-state index contributed by atoms with van der Waals surface area (Å²) in [7, 11) is 3.90. The van der Waals surface area contributed by atoms with Gasteiger partial charge in [0, 0.05) is 55.8 Å². The van der Waals surface area contributed by atoms with Crippen LogP contribution in [0.3, 0.4) is 0 Å². The van der Waals surface area contributed by atoms with Crippen molar-refractivity contribution in [2.24, 2.45) is 0 Å². The van der Waals surface area contributed by atoms with Gasteiger partial charge in [-0.3, -0.25) is 4.90 Å². The Labute approximate surface area is 163 Å². The third-order valence-electron chi connectivity index (χ3n) is 4.91. The molecule has 0 saturated carbocycles. The Morgan fingerprint density at radius 3 is 2.46 bits per heavy atom. The molecule has 0 unspecified atom stereocenters. The SMILES string of the molecule is CN1CCN(CC=O)CC1.CNc1ccc2c(c1)c(=O)oc1cc(O)ccc12. The van der Waals surface area contributed by atoms with Crippen molar-refractivity contribution in [3.8, 4) is 5.75 Å². The number of phenols is 1. The van der Waals surface area contributed by atoms with E-state index in [0.29, 0.717) is 17.5 Å². The summed E-state index contributed by atoms with van der Waals surface area (Å²) in [4.78, 5) is 26.4. The zero-order valence-electron chi connectivity index (χ0n) is 16.1. The van der Waals surface area contributed by atoms with Gasteiger partial charge in [0.1, 0.15) is 17.6 Å². The number of phenolic OH excluding ortho intramolecular Hbond substituents is 1. The number of hydrogen-bond acceptors (Lipinski definition) is 7. The molecule has 1 aliphatic rings. The molecule has 0 atom stereocenters. The number of aldehydes is 1. The molecule has 4 rings (SSSR count). The third-order valence-corrected chi connectivity index (χ3v) is 4.91. The average Bonchev–Trinajstić information content (AvgIpc) is 2.70. The molecule has 148 valence electrons. The highest BCUT2D eigenvalue weighted by Gasteiger charge is 2.12. The van der Waals surface area contributed by atoms with Crippen molar-refractivity contribution < 1.29 is 14.3 Å². The number of carbonyl (C=O) groups is 1. The van der Waals surface area contributed by atoms with Crippen LogP contribution in [0.25, 0.3) is 21.7 Å². The van der Waals surface area contributed by atoms with Crippen molar-refractivity contribution in [3.05, 3.63) is 46.8 Å². The number of fused-ring (bicyclic) bond motifs is 3. The van der Waals surface area contributed by atoms with Crippen LogP contribution in [0.5, 0.6) is 5.75 Å². The first-order valence-corrected chi connectivity index (χ1v) is 9.23. The van der Waals surface area contributed by atoms with E-state index >= 15 is 0 Å². The Morgan fingerprint density at radius 2 is 1.79 bits per heavy atom. The summed E-state index contributed by atoms with van der Waals surface area (Å²) >= 11 is 0. The van der Waals surface area contributed by atoms with Crippen LogP contribution in [0.1, 0.15) is 0 Å². The lowest BCUT2D eigenvalue weighted by Crippen LogP contribution is -2.44. The minimum atomic E-state index is -0.403. The third kappa shape index (κ3) is 4.49. The topological polar surface area (TPSA) is 86.0 Å². The smallest absolute Gasteiger partial charge is 0.344 e. The Kier molecular flexibility index (Phi) is 6.28. The lowest BCUT2D eigenvalue weighted by Gasteiger charge is -2.30. The van der Waals surface area contributed by atoms with Crippen molar-refractivity contribution in [2.45, 2.75) is 0 Å². The summed E-state index contributed by atoms with van der Waals surface area (Å²) < 4.78 is 5.21. The van der Waals surface area contributed by atoms with Gasteiger partial charge in [-0.2, -0.15) is 0 Å². The number of piperazine rings is 1. The van der Waals surface area contributed by atoms with E-state index in [1.165, 1.54) is 6.07 Å². The summed E-state index contributed by atoms with van der Waals surface area (Å²) in [5.74, 6) is 0.0804. The van der Waals surface area contributed by atoms with Crippen LogP contribution in [-0.2, 0) is 4.79 Å². The monoisotopic (exact) mass is 383 g/mol. The van der Waals surface area contributed by atoms with Gasteiger partial charge in [0.15, 0.2) is 0 Å². The van der Waals surface area contributed by atoms with Crippen molar-refractivity contribution in [1.82, 2.24) is 9.80 Å². The molecule has 0 bridgehead atoms. The first kappa shape index (κ1) is 19.9. The maximum Gasteiger partial charge on any atom is 0.344 e. The molecule has 0 spiro atoms. The molecule has 1 aromatic heterocycles. The van der Waals surface area contributed by atoms with Crippen LogP contribution in [-0.4, -0.2) is 68.0 Å². The number of rotatable bonds is 3. The van der Waals surface area contributed by atoms with E-state index in [1.807, 2.05) is 12.1 Å². The molecule has 0 radical (unpaired) electrons. The second kappa shape index (κ2) is 8.86. The first-order valence-electron chi connectivity index (χ1n) is 9.23. The molecule has 7 nitrogen and oxygen atoms in total. The maximum atomic E-state index is 11.9. The van der Waals surface area contributed by atoms with E-state index in [2.05, 4.69) is 22.2 Å². The molecule has 1 saturated heterocycles. The quantitative estimate of drug-likeness (QED) is 0.407. The molecule has 1 aliphatic heterocycles. The molecule has 0 aliphatic carbocycles. The highest BCUT2D eigenvalue weighted by Crippen LogP contribution is 2.27. The van der Waals surface area contributed by atoms with Gasteiger partial charge in [0.2, 0.25) is 0 Å². The second-order valence-electron chi connectivity index (χ2n) is 6.85. The van der Waals surface area contributed by atoms with Gasteiger partial charge in [-0.25, -0.2) is 4.79 Å². The Morgan fingerprint density at radius 1 is 1.07 bits per heavy atom. The fourth-order valence-corrected chi connectivity index (χ4v) is 3.21. The van der Waals surface area contributed by atoms with Crippen LogP contribution in [0.2, 0.25) is 0 Å². The zero-order valence-corrected chi connectivity index (χ0v) is 16.1. The number of aromatic hydroxyl groups is 1. The van der Waals surface area contributed by atoms with Crippen LogP contribution in [0, 0.1) is 0 Å². The first-order chi connectivity index (χ1) is 13.5. The summed E-state index contributed by atoms with van der Waals surface area (Å²) in [5, 5.41) is 14.5. The normalized spacial score (nSPS) is 15.2. The number of nitrogens with one attached hydrogen (secondary N) is 1. The maximum absolute atomic E-state index is 11.9. The van der Waals surface area contributed by atoms with Crippen molar-refractivity contribution in [2.75, 3.05) is 52.1 Å². The Hall–Kier alpha value is -2.90. The van der Waals surface area contributed by atoms with Gasteiger partial charge < -0.3 is 24.5 Å². The van der Waals surface area contributed by atoms with Crippen LogP contribution >= 0.6 is 0 Å². The van der Waals surface area contributed by atoms with E-state index in [9.17, 15) is 14.7 Å². The van der Waals surface area contributed by atoms with E-state index in [-0.39, 0.29) is 5.75 Å². The van der Waals surface area contributed by atoms with Gasteiger partial charge in [0.25, 0.3) is 0 Å². The largest absolute Gasteiger partial charge is 0.508 e. The molecule has 0 amide bonds. The fraction of sp³-hybridized carbons (Fsp3) is 0.333. The highest BCUT2D eigenvalue weighted by atomic mass is 16.4. The number of anilines is 1. The van der Waals surface area contributed by atoms with Gasteiger partial charge in [0.05, 0.1) is 11.9 Å². The van der Waals surface area contributed by atoms with E-state index in [1.54, 1.807) is 25.2 Å². The van der Waals surface area contributed by atoms with Crippen LogP contribution in [0.15, 0.2) is 45.6 Å². The molecule has 2 heterocycles. The van der Waals surface area contributed by atoms with E-state index in [4.69, 9.17) is 4.42 Å². The Balaban J connectivity index is 0.000000192. The fourth-order valence-electron chi connectivity index (χ4n) is 3.21. The molecular weight excluding hydrogens is 358 g/mol. The second-order valence-corrected chi connectivity index (χ2v) is 6.85. The van der Waals surface area contributed by atoms with Gasteiger partial charge in [-0.05, 0) is 31.3 Å². The zero-order chi connectivity index (χ0) is 20.1. The highest BCUT2D eigenvalue weighted by molar-refractivity contribution is 6.05. The number of hydrogen-bond donors (Lipinski definition) is 2. The average molecular weight is 383 g/mol. The molecule has 3 aromatic rings. The number of likely N-dealkylation sites (N-methyl/N-ethyl adjacent to an activating group) is 1. The number of nitrogens with zero attached hydrogens (tertiary/aromatic N) is 2. The van der Waals surface area contributed by atoms with E-state index < -0.39 is 5.63 Å². The predicted molar refractivity (Wildman–Crippen MR) is 111 cm³/mol. The van der Waals surface area contributed by atoms with Gasteiger partial charge in [-0.15, -0.1) is 0 Å². The van der Waals surface area contributed by atoms with E-state index in [0.717, 1.165) is 48.9 Å². The molecule has 2 aromatic carbocycles. The molecular formula is C21H25N3O4.